The van der Waals surface area contributed by atoms with E-state index in [1.165, 1.54) is 5.56 Å². The number of carbonyl (C=O) groups is 1. The minimum atomic E-state index is -0.888. The maximum atomic E-state index is 10.9. The molecule has 1 fully saturated rings. The van der Waals surface area contributed by atoms with Crippen LogP contribution in [0.3, 0.4) is 0 Å². The predicted octanol–water partition coefficient (Wildman–Crippen LogP) is 1.78. The second-order valence-electron chi connectivity index (χ2n) is 5.24. The topological polar surface area (TPSA) is 69.6 Å². The van der Waals surface area contributed by atoms with Crippen LogP contribution in [-0.2, 0) is 5.41 Å². The van der Waals surface area contributed by atoms with Gasteiger partial charge in [-0.25, -0.2) is 4.79 Å². The van der Waals surface area contributed by atoms with E-state index < -0.39 is 5.97 Å². The Kier molecular flexibility index (Phi) is 4.56. The lowest BCUT2D eigenvalue weighted by atomic mass is 9.70. The summed E-state index contributed by atoms with van der Waals surface area (Å²) in [6.07, 6.45) is 3.83. The highest BCUT2D eigenvalue weighted by Crippen LogP contribution is 2.37. The van der Waals surface area contributed by atoms with Crippen molar-refractivity contribution in [1.82, 2.24) is 5.32 Å². The molecular formula is C15H21NO3. The number of aliphatic hydroxyl groups is 1. The van der Waals surface area contributed by atoms with Crippen LogP contribution in [0.15, 0.2) is 24.3 Å². The molecule has 1 aliphatic rings. The fraction of sp³-hybridized carbons (Fsp3) is 0.533. The van der Waals surface area contributed by atoms with E-state index in [2.05, 4.69) is 5.32 Å². The van der Waals surface area contributed by atoms with Crippen LogP contribution in [-0.4, -0.2) is 35.9 Å². The first-order valence-electron chi connectivity index (χ1n) is 6.83. The molecule has 1 heterocycles. The average molecular weight is 263 g/mol. The van der Waals surface area contributed by atoms with E-state index in [9.17, 15) is 4.79 Å². The fourth-order valence-electron chi connectivity index (χ4n) is 2.97. The SMILES string of the molecule is O=C(O)c1ccc(C2(CCCO)CCNCC2)cc1. The summed E-state index contributed by atoms with van der Waals surface area (Å²) in [5.41, 5.74) is 1.62. The van der Waals surface area contributed by atoms with E-state index in [1.54, 1.807) is 12.1 Å². The molecule has 0 saturated carbocycles. The maximum absolute atomic E-state index is 10.9. The number of carboxylic acids is 1. The molecule has 0 amide bonds. The molecule has 2 rings (SSSR count). The molecule has 104 valence electrons. The minimum absolute atomic E-state index is 0.0883. The highest BCUT2D eigenvalue weighted by molar-refractivity contribution is 5.87. The third kappa shape index (κ3) is 3.14. The Bertz CT molecular complexity index is 422. The van der Waals surface area contributed by atoms with Crippen molar-refractivity contribution >= 4 is 5.97 Å². The second kappa shape index (κ2) is 6.17. The molecule has 0 radical (unpaired) electrons. The average Bonchev–Trinajstić information content (AvgIpc) is 2.46. The Labute approximate surface area is 113 Å². The molecule has 1 aromatic rings. The van der Waals surface area contributed by atoms with Gasteiger partial charge in [0.2, 0.25) is 0 Å². The van der Waals surface area contributed by atoms with Crippen molar-refractivity contribution in [2.24, 2.45) is 0 Å². The van der Waals surface area contributed by atoms with Gasteiger partial charge in [0.15, 0.2) is 0 Å². The lowest BCUT2D eigenvalue weighted by Gasteiger charge is -2.38. The van der Waals surface area contributed by atoms with Crippen molar-refractivity contribution in [2.45, 2.75) is 31.1 Å². The van der Waals surface area contributed by atoms with Crippen LogP contribution < -0.4 is 5.32 Å². The molecule has 0 aliphatic carbocycles. The summed E-state index contributed by atoms with van der Waals surface area (Å²) in [5, 5.41) is 21.4. The van der Waals surface area contributed by atoms with Gasteiger partial charge in [0.25, 0.3) is 0 Å². The van der Waals surface area contributed by atoms with E-state index >= 15 is 0 Å². The van der Waals surface area contributed by atoms with Crippen molar-refractivity contribution in [3.63, 3.8) is 0 Å². The quantitative estimate of drug-likeness (QED) is 0.757. The minimum Gasteiger partial charge on any atom is -0.478 e. The molecule has 0 bridgehead atoms. The molecule has 3 N–H and O–H groups in total. The summed E-state index contributed by atoms with van der Waals surface area (Å²) in [5.74, 6) is -0.888. The largest absolute Gasteiger partial charge is 0.478 e. The summed E-state index contributed by atoms with van der Waals surface area (Å²) in [6.45, 7) is 2.17. The number of aliphatic hydroxyl groups excluding tert-OH is 1. The van der Waals surface area contributed by atoms with Crippen molar-refractivity contribution < 1.29 is 15.0 Å². The summed E-state index contributed by atoms with van der Waals surface area (Å²) in [4.78, 5) is 10.9. The molecule has 4 heteroatoms. The van der Waals surface area contributed by atoms with Gasteiger partial charge in [-0.15, -0.1) is 0 Å². The summed E-state index contributed by atoms with van der Waals surface area (Å²) in [7, 11) is 0. The fourth-order valence-corrected chi connectivity index (χ4v) is 2.97. The van der Waals surface area contributed by atoms with Gasteiger partial charge in [-0.2, -0.15) is 0 Å². The van der Waals surface area contributed by atoms with Crippen LogP contribution in [0, 0.1) is 0 Å². The van der Waals surface area contributed by atoms with Gasteiger partial charge in [0, 0.05) is 6.61 Å². The molecule has 1 aliphatic heterocycles. The zero-order valence-corrected chi connectivity index (χ0v) is 11.1. The van der Waals surface area contributed by atoms with Gasteiger partial charge in [0.05, 0.1) is 5.56 Å². The molecule has 0 atom stereocenters. The van der Waals surface area contributed by atoms with Gasteiger partial charge >= 0.3 is 5.97 Å². The molecule has 1 aromatic carbocycles. The first-order valence-corrected chi connectivity index (χ1v) is 6.83. The van der Waals surface area contributed by atoms with Gasteiger partial charge < -0.3 is 15.5 Å². The standard InChI is InChI=1S/C15H21NO3/c17-11-1-6-15(7-9-16-10-8-15)13-4-2-12(3-5-13)14(18)19/h2-5,16-17H,1,6-11H2,(H,18,19). The first kappa shape index (κ1) is 14.0. The van der Waals surface area contributed by atoms with E-state index in [0.717, 1.165) is 38.8 Å². The maximum Gasteiger partial charge on any atom is 0.335 e. The predicted molar refractivity (Wildman–Crippen MR) is 73.5 cm³/mol. The van der Waals surface area contributed by atoms with E-state index in [1.807, 2.05) is 12.1 Å². The van der Waals surface area contributed by atoms with Gasteiger partial charge in [0.1, 0.15) is 0 Å². The Morgan fingerprint density at radius 2 is 1.84 bits per heavy atom. The highest BCUT2D eigenvalue weighted by Gasteiger charge is 2.33. The van der Waals surface area contributed by atoms with Crippen LogP contribution in [0.1, 0.15) is 41.6 Å². The number of carboxylic acid groups (broad SMARTS) is 1. The molecular weight excluding hydrogens is 242 g/mol. The second-order valence-corrected chi connectivity index (χ2v) is 5.24. The van der Waals surface area contributed by atoms with Gasteiger partial charge in [-0.1, -0.05) is 12.1 Å². The van der Waals surface area contributed by atoms with Crippen molar-refractivity contribution in [3.8, 4) is 0 Å². The van der Waals surface area contributed by atoms with Crippen molar-refractivity contribution in [3.05, 3.63) is 35.4 Å². The third-order valence-electron chi connectivity index (χ3n) is 4.12. The molecule has 1 saturated heterocycles. The van der Waals surface area contributed by atoms with Crippen LogP contribution in [0.5, 0.6) is 0 Å². The van der Waals surface area contributed by atoms with Crippen LogP contribution in [0.2, 0.25) is 0 Å². The summed E-state index contributed by atoms with van der Waals surface area (Å²) < 4.78 is 0. The third-order valence-corrected chi connectivity index (χ3v) is 4.12. The number of benzene rings is 1. The number of rotatable bonds is 5. The number of nitrogens with one attached hydrogen (secondary N) is 1. The van der Waals surface area contributed by atoms with Gasteiger partial charge in [-0.3, -0.25) is 0 Å². The molecule has 0 aromatic heterocycles. The zero-order chi connectivity index (χ0) is 13.7. The number of aromatic carboxylic acids is 1. The summed E-state index contributed by atoms with van der Waals surface area (Å²) in [6, 6.07) is 7.24. The van der Waals surface area contributed by atoms with Crippen molar-refractivity contribution in [1.29, 1.82) is 0 Å². The number of hydrogen-bond donors (Lipinski definition) is 3. The van der Waals surface area contributed by atoms with Crippen molar-refractivity contribution in [2.75, 3.05) is 19.7 Å². The molecule has 19 heavy (non-hydrogen) atoms. The van der Waals surface area contributed by atoms with Crippen LogP contribution >= 0.6 is 0 Å². The van der Waals surface area contributed by atoms with Gasteiger partial charge in [-0.05, 0) is 61.9 Å². The monoisotopic (exact) mass is 263 g/mol. The van der Waals surface area contributed by atoms with Crippen LogP contribution in [0.4, 0.5) is 0 Å². The zero-order valence-electron chi connectivity index (χ0n) is 11.1. The molecule has 0 spiro atoms. The highest BCUT2D eigenvalue weighted by atomic mass is 16.4. The Morgan fingerprint density at radius 1 is 1.21 bits per heavy atom. The van der Waals surface area contributed by atoms with E-state index in [0.29, 0.717) is 5.56 Å². The number of hydrogen-bond acceptors (Lipinski definition) is 3. The summed E-state index contributed by atoms with van der Waals surface area (Å²) >= 11 is 0. The normalized spacial score (nSPS) is 18.2. The molecule has 0 unspecified atom stereocenters. The Hall–Kier alpha value is -1.39. The first-order chi connectivity index (χ1) is 9.18. The number of piperidine rings is 1. The smallest absolute Gasteiger partial charge is 0.335 e. The Balaban J connectivity index is 2.24. The lowest BCUT2D eigenvalue weighted by molar-refractivity contribution is 0.0697. The Morgan fingerprint density at radius 3 is 2.37 bits per heavy atom. The van der Waals surface area contributed by atoms with E-state index in [-0.39, 0.29) is 12.0 Å². The lowest BCUT2D eigenvalue weighted by Crippen LogP contribution is -2.40. The molecule has 4 nitrogen and oxygen atoms in total. The van der Waals surface area contributed by atoms with Crippen LogP contribution in [0.25, 0.3) is 0 Å². The van der Waals surface area contributed by atoms with E-state index in [4.69, 9.17) is 10.2 Å².